The van der Waals surface area contributed by atoms with Crippen LogP contribution in [0.15, 0.2) is 18.2 Å². The van der Waals surface area contributed by atoms with Crippen molar-refractivity contribution in [2.45, 2.75) is 32.7 Å². The average Bonchev–Trinajstić information content (AvgIpc) is 2.52. The second-order valence-corrected chi connectivity index (χ2v) is 6.63. The summed E-state index contributed by atoms with van der Waals surface area (Å²) in [5.74, 6) is 0.182. The molecule has 1 aliphatic rings. The van der Waals surface area contributed by atoms with Gasteiger partial charge in [0.2, 0.25) is 0 Å². The Morgan fingerprint density at radius 2 is 2.00 bits per heavy atom. The van der Waals surface area contributed by atoms with Crippen LogP contribution < -0.4 is 5.32 Å². The van der Waals surface area contributed by atoms with Crippen molar-refractivity contribution in [1.29, 1.82) is 0 Å². The molecule has 0 amide bonds. The number of aromatic hydroxyl groups is 1. The zero-order chi connectivity index (χ0) is 17.3. The SMILES string of the molecule is Cc1cc(-c2nnc(N[C@@H]3CCCN(C)C3)cc2C)c(O)cc1F. The molecule has 5 nitrogen and oxygen atoms in total. The molecule has 1 saturated heterocycles. The van der Waals surface area contributed by atoms with Crippen molar-refractivity contribution in [3.05, 3.63) is 35.1 Å². The number of phenolic OH excluding ortho intramolecular Hbond substituents is 1. The number of halogens is 1. The predicted octanol–water partition coefficient (Wildman–Crippen LogP) is 3.11. The summed E-state index contributed by atoms with van der Waals surface area (Å²) >= 11 is 0. The van der Waals surface area contributed by atoms with E-state index in [2.05, 4.69) is 27.5 Å². The van der Waals surface area contributed by atoms with Crippen molar-refractivity contribution >= 4 is 5.82 Å². The topological polar surface area (TPSA) is 61.3 Å². The summed E-state index contributed by atoms with van der Waals surface area (Å²) in [7, 11) is 2.12. The van der Waals surface area contributed by atoms with Gasteiger partial charge in [0.05, 0.1) is 5.69 Å². The van der Waals surface area contributed by atoms with E-state index in [4.69, 9.17) is 0 Å². The van der Waals surface area contributed by atoms with Gasteiger partial charge in [0.1, 0.15) is 17.4 Å². The van der Waals surface area contributed by atoms with E-state index in [1.54, 1.807) is 13.0 Å². The lowest BCUT2D eigenvalue weighted by molar-refractivity contribution is 0.260. The molecule has 0 bridgehead atoms. The average molecular weight is 330 g/mol. The number of benzene rings is 1. The summed E-state index contributed by atoms with van der Waals surface area (Å²) < 4.78 is 13.5. The predicted molar refractivity (Wildman–Crippen MR) is 92.7 cm³/mol. The molecule has 2 aromatic rings. The molecule has 0 radical (unpaired) electrons. The van der Waals surface area contributed by atoms with Gasteiger partial charge in [-0.05, 0) is 63.5 Å². The molecular formula is C18H23FN4O. The van der Waals surface area contributed by atoms with Crippen LogP contribution in [0.1, 0.15) is 24.0 Å². The zero-order valence-electron chi connectivity index (χ0n) is 14.3. The largest absolute Gasteiger partial charge is 0.507 e. The quantitative estimate of drug-likeness (QED) is 0.905. The fraction of sp³-hybridized carbons (Fsp3) is 0.444. The van der Waals surface area contributed by atoms with Crippen LogP contribution >= 0.6 is 0 Å². The van der Waals surface area contributed by atoms with E-state index >= 15 is 0 Å². The maximum atomic E-state index is 13.5. The van der Waals surface area contributed by atoms with E-state index in [1.807, 2.05) is 13.0 Å². The van der Waals surface area contributed by atoms with Gasteiger partial charge in [-0.3, -0.25) is 0 Å². The first-order chi connectivity index (χ1) is 11.4. The van der Waals surface area contributed by atoms with E-state index in [9.17, 15) is 9.50 Å². The van der Waals surface area contributed by atoms with Gasteiger partial charge >= 0.3 is 0 Å². The van der Waals surface area contributed by atoms with Crippen LogP contribution in [0.4, 0.5) is 10.2 Å². The second kappa shape index (κ2) is 6.73. The molecule has 6 heteroatoms. The third-order valence-corrected chi connectivity index (χ3v) is 4.49. The number of aryl methyl sites for hydroxylation is 2. The Hall–Kier alpha value is -2.21. The minimum atomic E-state index is -0.429. The molecule has 1 fully saturated rings. The number of anilines is 1. The van der Waals surface area contributed by atoms with E-state index in [1.165, 1.54) is 6.42 Å². The maximum absolute atomic E-state index is 13.5. The van der Waals surface area contributed by atoms with Crippen LogP contribution in [-0.2, 0) is 0 Å². The molecule has 2 N–H and O–H groups in total. The first-order valence-corrected chi connectivity index (χ1v) is 8.23. The summed E-state index contributed by atoms with van der Waals surface area (Å²) in [5, 5.41) is 22.0. The Bertz CT molecular complexity index is 750. The van der Waals surface area contributed by atoms with Gasteiger partial charge in [0.15, 0.2) is 0 Å². The molecule has 0 unspecified atom stereocenters. The van der Waals surface area contributed by atoms with Crippen molar-refractivity contribution in [2.75, 3.05) is 25.5 Å². The van der Waals surface area contributed by atoms with Crippen molar-refractivity contribution in [2.24, 2.45) is 0 Å². The van der Waals surface area contributed by atoms with Crippen LogP contribution in [-0.4, -0.2) is 46.4 Å². The Balaban J connectivity index is 1.84. The van der Waals surface area contributed by atoms with Crippen LogP contribution in [0.3, 0.4) is 0 Å². The Morgan fingerprint density at radius 3 is 2.71 bits per heavy atom. The minimum absolute atomic E-state index is 0.120. The number of rotatable bonds is 3. The number of likely N-dealkylation sites (tertiary alicyclic amines) is 1. The number of nitrogens with one attached hydrogen (secondary N) is 1. The van der Waals surface area contributed by atoms with E-state index < -0.39 is 5.82 Å². The molecule has 1 aliphatic heterocycles. The highest BCUT2D eigenvalue weighted by molar-refractivity contribution is 5.70. The molecular weight excluding hydrogens is 307 g/mol. The summed E-state index contributed by atoms with van der Waals surface area (Å²) in [4.78, 5) is 2.30. The van der Waals surface area contributed by atoms with Crippen LogP contribution in [0.25, 0.3) is 11.3 Å². The van der Waals surface area contributed by atoms with Gasteiger partial charge in [-0.1, -0.05) is 0 Å². The van der Waals surface area contributed by atoms with Gasteiger partial charge in [-0.15, -0.1) is 10.2 Å². The monoisotopic (exact) mass is 330 g/mol. The molecule has 0 saturated carbocycles. The van der Waals surface area contributed by atoms with Gasteiger partial charge in [0.25, 0.3) is 0 Å². The molecule has 2 heterocycles. The number of piperidine rings is 1. The van der Waals surface area contributed by atoms with Crippen molar-refractivity contribution in [1.82, 2.24) is 15.1 Å². The maximum Gasteiger partial charge on any atom is 0.149 e. The number of nitrogens with zero attached hydrogens (tertiary/aromatic N) is 3. The third kappa shape index (κ3) is 3.48. The smallest absolute Gasteiger partial charge is 0.149 e. The summed E-state index contributed by atoms with van der Waals surface area (Å²) in [6, 6.07) is 5.01. The molecule has 0 spiro atoms. The minimum Gasteiger partial charge on any atom is -0.507 e. The molecule has 3 rings (SSSR count). The Kier molecular flexibility index (Phi) is 4.66. The number of phenols is 1. The fourth-order valence-corrected chi connectivity index (χ4v) is 3.18. The van der Waals surface area contributed by atoms with Crippen LogP contribution in [0.5, 0.6) is 5.75 Å². The molecule has 1 aromatic carbocycles. The molecule has 1 atom stereocenters. The molecule has 24 heavy (non-hydrogen) atoms. The van der Waals surface area contributed by atoms with Gasteiger partial charge in [-0.2, -0.15) is 0 Å². The van der Waals surface area contributed by atoms with E-state index in [-0.39, 0.29) is 5.75 Å². The molecule has 128 valence electrons. The number of hydrogen-bond acceptors (Lipinski definition) is 5. The van der Waals surface area contributed by atoms with Gasteiger partial charge in [-0.25, -0.2) is 4.39 Å². The van der Waals surface area contributed by atoms with Crippen LogP contribution in [0.2, 0.25) is 0 Å². The lowest BCUT2D eigenvalue weighted by atomic mass is 10.0. The lowest BCUT2D eigenvalue weighted by Crippen LogP contribution is -2.39. The van der Waals surface area contributed by atoms with Gasteiger partial charge in [0, 0.05) is 24.2 Å². The second-order valence-electron chi connectivity index (χ2n) is 6.63. The molecule has 1 aromatic heterocycles. The van der Waals surface area contributed by atoms with E-state index in [0.29, 0.717) is 22.9 Å². The van der Waals surface area contributed by atoms with Crippen molar-refractivity contribution in [3.63, 3.8) is 0 Å². The Morgan fingerprint density at radius 1 is 1.21 bits per heavy atom. The number of aromatic nitrogens is 2. The highest BCUT2D eigenvalue weighted by Crippen LogP contribution is 2.32. The standard InChI is InChI=1S/C18H23FN4O/c1-11-7-14(16(24)9-15(11)19)18-12(2)8-17(21-22-18)20-13-5-4-6-23(3)10-13/h7-9,13,24H,4-6,10H2,1-3H3,(H,20,21)/t13-/m1/s1. The summed E-state index contributed by atoms with van der Waals surface area (Å²) in [6.07, 6.45) is 2.28. The number of likely N-dealkylation sites (N-methyl/N-ethyl adjacent to an activating group) is 1. The van der Waals surface area contributed by atoms with Crippen molar-refractivity contribution in [3.8, 4) is 17.0 Å². The fourth-order valence-electron chi connectivity index (χ4n) is 3.18. The first-order valence-electron chi connectivity index (χ1n) is 8.23. The normalized spacial score (nSPS) is 18.6. The number of hydrogen-bond donors (Lipinski definition) is 2. The third-order valence-electron chi connectivity index (χ3n) is 4.49. The summed E-state index contributed by atoms with van der Waals surface area (Å²) in [6.45, 7) is 5.70. The lowest BCUT2D eigenvalue weighted by Gasteiger charge is -2.30. The van der Waals surface area contributed by atoms with Crippen molar-refractivity contribution < 1.29 is 9.50 Å². The highest BCUT2D eigenvalue weighted by Gasteiger charge is 2.18. The zero-order valence-corrected chi connectivity index (χ0v) is 14.3. The summed E-state index contributed by atoms with van der Waals surface area (Å²) in [5.41, 5.74) is 2.43. The van der Waals surface area contributed by atoms with Crippen LogP contribution in [0, 0.1) is 19.7 Å². The van der Waals surface area contributed by atoms with E-state index in [0.717, 1.165) is 37.0 Å². The Labute approximate surface area is 141 Å². The first kappa shape index (κ1) is 16.6. The highest BCUT2D eigenvalue weighted by atomic mass is 19.1. The molecule has 0 aliphatic carbocycles. The van der Waals surface area contributed by atoms with Gasteiger partial charge < -0.3 is 15.3 Å².